The van der Waals surface area contributed by atoms with Gasteiger partial charge in [0.25, 0.3) is 0 Å². The largest absolute Gasteiger partial charge is 0.416 e. The Kier molecular flexibility index (Phi) is 9.67. The summed E-state index contributed by atoms with van der Waals surface area (Å²) in [5, 5.41) is 0.704. The van der Waals surface area contributed by atoms with E-state index in [0.717, 1.165) is 24.3 Å². The third-order valence-corrected chi connectivity index (χ3v) is 10.9. The molecule has 306 valence electrons. The highest BCUT2D eigenvalue weighted by molar-refractivity contribution is 6.11. The highest BCUT2D eigenvalue weighted by Crippen LogP contribution is 2.46. The van der Waals surface area contributed by atoms with Crippen LogP contribution in [0.25, 0.3) is 95.3 Å². The molecule has 0 bridgehead atoms. The highest BCUT2D eigenvalue weighted by atomic mass is 19.4. The molecule has 0 fully saturated rings. The fourth-order valence-corrected chi connectivity index (χ4v) is 7.93. The second-order valence-electron chi connectivity index (χ2n) is 14.9. The summed E-state index contributed by atoms with van der Waals surface area (Å²) in [7, 11) is 0. The first-order valence-electron chi connectivity index (χ1n) is 19.9. The van der Waals surface area contributed by atoms with E-state index >= 15 is 13.2 Å². The minimum Gasteiger partial charge on any atom is -0.308 e. The van der Waals surface area contributed by atoms with Gasteiger partial charge in [0.2, 0.25) is 0 Å². The Morgan fingerprint density at radius 3 is 1.30 bits per heavy atom. The van der Waals surface area contributed by atoms with Crippen molar-refractivity contribution in [3.63, 3.8) is 0 Å². The molecule has 0 unspecified atom stereocenters. The van der Waals surface area contributed by atoms with Crippen molar-refractivity contribution in [2.24, 2.45) is 0 Å². The van der Waals surface area contributed by atoms with Gasteiger partial charge < -0.3 is 4.57 Å². The van der Waals surface area contributed by atoms with Crippen molar-refractivity contribution < 1.29 is 26.3 Å². The van der Waals surface area contributed by atoms with Gasteiger partial charge in [0, 0.05) is 44.2 Å². The predicted octanol–water partition coefficient (Wildman–Crippen LogP) is 14.4. The number of benzene rings is 7. The lowest BCUT2D eigenvalue weighted by molar-refractivity contribution is -0.138. The molecule has 0 atom stereocenters. The van der Waals surface area contributed by atoms with E-state index in [1.807, 2.05) is 121 Å². The van der Waals surface area contributed by atoms with Crippen molar-refractivity contribution in [3.05, 3.63) is 199 Å². The van der Waals surface area contributed by atoms with Crippen molar-refractivity contribution >= 4 is 21.8 Å². The Hall–Kier alpha value is -7.92. The molecule has 0 aliphatic carbocycles. The second-order valence-corrected chi connectivity index (χ2v) is 14.9. The summed E-state index contributed by atoms with van der Waals surface area (Å²) in [6.07, 6.45) is -9.54. The van der Waals surface area contributed by atoms with Gasteiger partial charge in [-0.25, -0.2) is 19.9 Å². The van der Waals surface area contributed by atoms with Crippen molar-refractivity contribution in [2.75, 3.05) is 0 Å². The number of aromatic nitrogens is 5. The summed E-state index contributed by atoms with van der Waals surface area (Å²) < 4.78 is 91.2. The van der Waals surface area contributed by atoms with Crippen molar-refractivity contribution in [1.82, 2.24) is 24.5 Å². The molecule has 0 aliphatic heterocycles. The lowest BCUT2D eigenvalue weighted by Gasteiger charge is -2.22. The molecule has 10 aromatic rings. The normalized spacial score (nSPS) is 12.0. The molecule has 10 rings (SSSR count). The number of hydrogen-bond donors (Lipinski definition) is 0. The van der Waals surface area contributed by atoms with E-state index < -0.39 is 23.5 Å². The van der Waals surface area contributed by atoms with Crippen molar-refractivity contribution in [1.29, 1.82) is 0 Å². The Bertz CT molecular complexity index is 3030. The Morgan fingerprint density at radius 1 is 0.333 bits per heavy atom. The van der Waals surface area contributed by atoms with Crippen LogP contribution in [0.4, 0.5) is 26.3 Å². The van der Waals surface area contributed by atoms with Gasteiger partial charge >= 0.3 is 12.4 Å². The number of rotatable bonds is 7. The van der Waals surface area contributed by atoms with Gasteiger partial charge in [0.1, 0.15) is 0 Å². The first kappa shape index (κ1) is 39.2. The average molecular weight is 840 g/mol. The number of hydrogen-bond acceptors (Lipinski definition) is 4. The number of halogens is 6. The maximum atomic E-state index is 15.5. The zero-order chi connectivity index (χ0) is 43.3. The monoisotopic (exact) mass is 839 g/mol. The number of para-hydroxylation sites is 1. The van der Waals surface area contributed by atoms with Crippen LogP contribution < -0.4 is 0 Å². The Balaban J connectivity index is 1.39. The number of fused-ring (bicyclic) bond motifs is 3. The number of alkyl halides is 6. The molecule has 0 N–H and O–H groups in total. The van der Waals surface area contributed by atoms with Gasteiger partial charge in [-0.05, 0) is 48.5 Å². The molecule has 0 aliphatic rings. The SMILES string of the molecule is FC(F)(F)c1cc(-c2cc(-c3ccccc3)nc(-c3ccccc3)n2)c(-n2c3ccccc3c3cc(C(F)(F)F)ccc32)c(-c2nc(-c3ccccc3)cc(-c3ccccc3)n2)c1. The van der Waals surface area contributed by atoms with Crippen LogP contribution in [0, 0.1) is 0 Å². The lowest BCUT2D eigenvalue weighted by atomic mass is 9.96. The van der Waals surface area contributed by atoms with Crippen molar-refractivity contribution in [2.45, 2.75) is 12.4 Å². The first-order valence-corrected chi connectivity index (χ1v) is 19.9. The van der Waals surface area contributed by atoms with E-state index in [9.17, 15) is 13.2 Å². The summed E-state index contributed by atoms with van der Waals surface area (Å²) in [4.78, 5) is 19.9. The number of nitrogens with zero attached hydrogens (tertiary/aromatic N) is 5. The highest BCUT2D eigenvalue weighted by Gasteiger charge is 2.36. The quantitative estimate of drug-likeness (QED) is 0.150. The summed E-state index contributed by atoms with van der Waals surface area (Å²) in [5.74, 6) is 0.207. The molecule has 5 nitrogen and oxygen atoms in total. The minimum atomic E-state index is -4.87. The summed E-state index contributed by atoms with van der Waals surface area (Å²) in [6, 6.07) is 52.5. The molecule has 7 aromatic carbocycles. The van der Waals surface area contributed by atoms with Crippen LogP contribution in [0.2, 0.25) is 0 Å². The molecule has 3 aromatic heterocycles. The smallest absolute Gasteiger partial charge is 0.308 e. The Labute approximate surface area is 356 Å². The van der Waals surface area contributed by atoms with Gasteiger partial charge in [-0.15, -0.1) is 0 Å². The fraction of sp³-hybridized carbons (Fsp3) is 0.0385. The third-order valence-electron chi connectivity index (χ3n) is 10.9. The van der Waals surface area contributed by atoms with Crippen molar-refractivity contribution in [3.8, 4) is 73.5 Å². The summed E-state index contributed by atoms with van der Waals surface area (Å²) in [5.41, 5.74) is 3.21. The fourth-order valence-electron chi connectivity index (χ4n) is 7.93. The van der Waals surface area contributed by atoms with Crippen LogP contribution in [0.1, 0.15) is 11.1 Å². The van der Waals surface area contributed by atoms with E-state index in [1.54, 1.807) is 41.0 Å². The molecule has 0 amide bonds. The van der Waals surface area contributed by atoms with Crippen LogP contribution in [0.3, 0.4) is 0 Å². The van der Waals surface area contributed by atoms with Crippen LogP contribution in [0.15, 0.2) is 188 Å². The van der Waals surface area contributed by atoms with E-state index in [2.05, 4.69) is 0 Å². The standard InChI is InChI=1S/C52H31F6N5/c53-51(54,55)36-25-26-47-39(27-36)38-23-13-14-24-46(38)63(47)48-40(45-31-44(34-19-9-3-10-20-34)59-49(62-45)35-21-11-4-12-22-35)28-37(52(56,57)58)29-41(48)50-60-42(32-15-5-1-6-16-32)30-43(61-50)33-17-7-2-8-18-33/h1-31H. The van der Waals surface area contributed by atoms with E-state index in [1.165, 1.54) is 6.07 Å². The van der Waals surface area contributed by atoms with Gasteiger partial charge in [0.15, 0.2) is 11.6 Å². The molecular formula is C52H31F6N5. The zero-order valence-corrected chi connectivity index (χ0v) is 32.9. The molecule has 63 heavy (non-hydrogen) atoms. The van der Waals surface area contributed by atoms with Crippen LogP contribution in [0.5, 0.6) is 0 Å². The Morgan fingerprint density at radius 2 is 0.762 bits per heavy atom. The van der Waals surface area contributed by atoms with Gasteiger partial charge in [-0.1, -0.05) is 140 Å². The third kappa shape index (κ3) is 7.48. The molecule has 11 heteroatoms. The molecule has 3 heterocycles. The first-order chi connectivity index (χ1) is 30.5. The van der Waals surface area contributed by atoms with Crippen LogP contribution in [-0.2, 0) is 12.4 Å². The van der Waals surface area contributed by atoms with Gasteiger partial charge in [0.05, 0.1) is 50.6 Å². The summed E-state index contributed by atoms with van der Waals surface area (Å²) in [6.45, 7) is 0. The molecule has 0 radical (unpaired) electrons. The topological polar surface area (TPSA) is 56.5 Å². The van der Waals surface area contributed by atoms with E-state index in [-0.39, 0.29) is 39.5 Å². The molecule has 0 saturated carbocycles. The average Bonchev–Trinajstić information content (AvgIpc) is 3.65. The van der Waals surface area contributed by atoms with Crippen LogP contribution >= 0.6 is 0 Å². The molecule has 0 spiro atoms. The maximum absolute atomic E-state index is 15.5. The van der Waals surface area contributed by atoms with E-state index in [0.29, 0.717) is 55.8 Å². The molecular weight excluding hydrogens is 809 g/mol. The second kappa shape index (κ2) is 15.5. The predicted molar refractivity (Wildman–Crippen MR) is 235 cm³/mol. The zero-order valence-electron chi connectivity index (χ0n) is 32.9. The summed E-state index contributed by atoms with van der Waals surface area (Å²) >= 11 is 0. The van der Waals surface area contributed by atoms with Gasteiger partial charge in [-0.2, -0.15) is 26.3 Å². The van der Waals surface area contributed by atoms with Gasteiger partial charge in [-0.3, -0.25) is 0 Å². The van der Waals surface area contributed by atoms with E-state index in [4.69, 9.17) is 19.9 Å². The lowest BCUT2D eigenvalue weighted by Crippen LogP contribution is -2.11. The maximum Gasteiger partial charge on any atom is 0.416 e. The minimum absolute atomic E-state index is 0.0223. The molecule has 0 saturated heterocycles. The van der Waals surface area contributed by atoms with Crippen LogP contribution in [-0.4, -0.2) is 24.5 Å².